The van der Waals surface area contributed by atoms with Gasteiger partial charge in [-0.2, -0.15) is 0 Å². The van der Waals surface area contributed by atoms with E-state index in [-0.39, 0.29) is 17.9 Å². The summed E-state index contributed by atoms with van der Waals surface area (Å²) >= 11 is 7.36. The van der Waals surface area contributed by atoms with Crippen LogP contribution in [0.15, 0.2) is 59.7 Å². The quantitative estimate of drug-likeness (QED) is 0.380. The third kappa shape index (κ3) is 3.88. The first-order valence-electron chi connectivity index (χ1n) is 9.48. The molecule has 4 aromatic rings. The topological polar surface area (TPSA) is 61.2 Å². The lowest BCUT2D eigenvalue weighted by atomic mass is 10.0. The van der Waals surface area contributed by atoms with Gasteiger partial charge in [0.2, 0.25) is 0 Å². The van der Waals surface area contributed by atoms with Gasteiger partial charge in [0.25, 0.3) is 5.56 Å². The molecule has 0 atom stereocenters. The van der Waals surface area contributed by atoms with Crippen LogP contribution in [0, 0.1) is 6.92 Å². The Balaban J connectivity index is 1.74. The van der Waals surface area contributed by atoms with E-state index in [2.05, 4.69) is 4.98 Å². The number of ether oxygens (including phenoxy) is 1. The standard InChI is InChI=1S/C23H19ClN2O3S/c1-3-29-18-10-6-16(7-11-18)20-14(2)30-22-21(20)23(28)26(13-25-22)12-19(27)15-4-8-17(24)9-5-15/h4-11,13H,3,12H2,1-2H3. The molecule has 0 N–H and O–H groups in total. The Morgan fingerprint density at radius 2 is 1.83 bits per heavy atom. The Bertz CT molecular complexity index is 1280. The Morgan fingerprint density at radius 3 is 2.50 bits per heavy atom. The second kappa shape index (κ2) is 8.42. The molecule has 7 heteroatoms. The molecule has 0 bridgehead atoms. The molecule has 2 aromatic carbocycles. The number of thiophene rings is 1. The summed E-state index contributed by atoms with van der Waals surface area (Å²) in [6, 6.07) is 14.3. The lowest BCUT2D eigenvalue weighted by Crippen LogP contribution is -2.24. The van der Waals surface area contributed by atoms with Crippen molar-refractivity contribution in [3.8, 4) is 16.9 Å². The maximum atomic E-state index is 13.3. The van der Waals surface area contributed by atoms with Crippen LogP contribution < -0.4 is 10.3 Å². The molecule has 30 heavy (non-hydrogen) atoms. The molecule has 2 aromatic heterocycles. The van der Waals surface area contributed by atoms with Gasteiger partial charge in [-0.05, 0) is 55.8 Å². The van der Waals surface area contributed by atoms with Crippen molar-refractivity contribution < 1.29 is 9.53 Å². The first-order chi connectivity index (χ1) is 14.5. The molecule has 0 saturated heterocycles. The minimum absolute atomic E-state index is 0.0823. The Kier molecular flexibility index (Phi) is 5.70. The first-order valence-corrected chi connectivity index (χ1v) is 10.7. The van der Waals surface area contributed by atoms with Gasteiger partial charge in [-0.15, -0.1) is 11.3 Å². The van der Waals surface area contributed by atoms with Crippen LogP contribution in [0.2, 0.25) is 5.02 Å². The molecule has 0 saturated carbocycles. The molecule has 2 heterocycles. The number of fused-ring (bicyclic) bond motifs is 1. The van der Waals surface area contributed by atoms with Crippen molar-refractivity contribution in [3.63, 3.8) is 0 Å². The highest BCUT2D eigenvalue weighted by atomic mass is 35.5. The van der Waals surface area contributed by atoms with Gasteiger partial charge in [0.05, 0.1) is 24.9 Å². The number of carbonyl (C=O) groups excluding carboxylic acids is 1. The van der Waals surface area contributed by atoms with Gasteiger partial charge in [-0.25, -0.2) is 4.98 Å². The fraction of sp³-hybridized carbons (Fsp3) is 0.174. The van der Waals surface area contributed by atoms with Gasteiger partial charge < -0.3 is 4.74 Å². The number of halogens is 1. The summed E-state index contributed by atoms with van der Waals surface area (Å²) in [6.07, 6.45) is 1.44. The maximum absolute atomic E-state index is 13.3. The monoisotopic (exact) mass is 438 g/mol. The number of ketones is 1. The van der Waals surface area contributed by atoms with E-state index in [9.17, 15) is 9.59 Å². The fourth-order valence-electron chi connectivity index (χ4n) is 3.36. The van der Waals surface area contributed by atoms with E-state index in [0.717, 1.165) is 21.8 Å². The maximum Gasteiger partial charge on any atom is 0.263 e. The summed E-state index contributed by atoms with van der Waals surface area (Å²) in [6.45, 7) is 4.42. The molecule has 0 radical (unpaired) electrons. The molecule has 152 valence electrons. The minimum atomic E-state index is -0.226. The van der Waals surface area contributed by atoms with Crippen LogP contribution in [0.5, 0.6) is 5.75 Å². The van der Waals surface area contributed by atoms with Gasteiger partial charge in [0.1, 0.15) is 10.6 Å². The highest BCUT2D eigenvalue weighted by molar-refractivity contribution is 7.19. The molecule has 5 nitrogen and oxygen atoms in total. The average molecular weight is 439 g/mol. The predicted molar refractivity (Wildman–Crippen MR) is 121 cm³/mol. The van der Waals surface area contributed by atoms with E-state index < -0.39 is 0 Å². The molecule has 0 amide bonds. The van der Waals surface area contributed by atoms with Crippen molar-refractivity contribution in [1.82, 2.24) is 9.55 Å². The SMILES string of the molecule is CCOc1ccc(-c2c(C)sc3ncn(CC(=O)c4ccc(Cl)cc4)c(=O)c23)cc1. The lowest BCUT2D eigenvalue weighted by Gasteiger charge is -2.07. The smallest absolute Gasteiger partial charge is 0.263 e. The Hall–Kier alpha value is -2.96. The summed E-state index contributed by atoms with van der Waals surface area (Å²) in [4.78, 5) is 32.0. The predicted octanol–water partition coefficient (Wildman–Crippen LogP) is 5.37. The highest BCUT2D eigenvalue weighted by Gasteiger charge is 2.18. The van der Waals surface area contributed by atoms with E-state index in [1.807, 2.05) is 38.1 Å². The van der Waals surface area contributed by atoms with Crippen molar-refractivity contribution in [2.45, 2.75) is 20.4 Å². The van der Waals surface area contributed by atoms with Crippen LogP contribution in [-0.4, -0.2) is 21.9 Å². The normalized spacial score (nSPS) is 11.0. The summed E-state index contributed by atoms with van der Waals surface area (Å²) in [5, 5.41) is 1.09. The second-order valence-electron chi connectivity index (χ2n) is 6.78. The summed E-state index contributed by atoms with van der Waals surface area (Å²) in [5.41, 5.74) is 2.04. The summed E-state index contributed by atoms with van der Waals surface area (Å²) in [7, 11) is 0. The largest absolute Gasteiger partial charge is 0.494 e. The number of Topliss-reactive ketones (excluding diaryl/α,β-unsaturated/α-hetero) is 1. The molecular weight excluding hydrogens is 420 g/mol. The van der Waals surface area contributed by atoms with Gasteiger partial charge in [0, 0.05) is 21.0 Å². The molecule has 0 aliphatic rings. The molecule has 0 aliphatic heterocycles. The van der Waals surface area contributed by atoms with Crippen LogP contribution in [0.25, 0.3) is 21.3 Å². The minimum Gasteiger partial charge on any atom is -0.494 e. The zero-order valence-electron chi connectivity index (χ0n) is 16.5. The molecular formula is C23H19ClN2O3S. The van der Waals surface area contributed by atoms with Crippen LogP contribution in [-0.2, 0) is 6.54 Å². The number of benzene rings is 2. The van der Waals surface area contributed by atoms with E-state index in [1.54, 1.807) is 24.3 Å². The number of aromatic nitrogens is 2. The Morgan fingerprint density at radius 1 is 1.13 bits per heavy atom. The third-order valence-corrected chi connectivity index (χ3v) is 6.05. The van der Waals surface area contributed by atoms with Crippen molar-refractivity contribution >= 4 is 38.9 Å². The van der Waals surface area contributed by atoms with E-state index >= 15 is 0 Å². The molecule has 0 unspecified atom stereocenters. The highest BCUT2D eigenvalue weighted by Crippen LogP contribution is 2.36. The average Bonchev–Trinajstić information content (AvgIpc) is 3.08. The summed E-state index contributed by atoms with van der Waals surface area (Å²) in [5.74, 6) is 0.604. The number of rotatable bonds is 6. The van der Waals surface area contributed by atoms with Gasteiger partial charge in [0.15, 0.2) is 5.78 Å². The number of hydrogen-bond donors (Lipinski definition) is 0. The van der Waals surface area contributed by atoms with Crippen LogP contribution in [0.3, 0.4) is 0 Å². The number of aryl methyl sites for hydroxylation is 1. The van der Waals surface area contributed by atoms with Gasteiger partial charge in [-0.3, -0.25) is 14.2 Å². The van der Waals surface area contributed by atoms with E-state index in [0.29, 0.717) is 27.4 Å². The van der Waals surface area contributed by atoms with Crippen molar-refractivity contribution in [2.24, 2.45) is 0 Å². The van der Waals surface area contributed by atoms with Crippen LogP contribution in [0.1, 0.15) is 22.2 Å². The zero-order chi connectivity index (χ0) is 21.3. The molecule has 4 rings (SSSR count). The number of carbonyl (C=O) groups is 1. The number of hydrogen-bond acceptors (Lipinski definition) is 5. The number of nitrogens with zero attached hydrogens (tertiary/aromatic N) is 2. The van der Waals surface area contributed by atoms with Gasteiger partial charge >= 0.3 is 0 Å². The Labute approximate surface area is 182 Å². The lowest BCUT2D eigenvalue weighted by molar-refractivity contribution is 0.0970. The summed E-state index contributed by atoms with van der Waals surface area (Å²) < 4.78 is 6.88. The van der Waals surface area contributed by atoms with Crippen LogP contribution >= 0.6 is 22.9 Å². The van der Waals surface area contributed by atoms with Crippen molar-refractivity contribution in [2.75, 3.05) is 6.61 Å². The van der Waals surface area contributed by atoms with Crippen molar-refractivity contribution in [3.05, 3.63) is 80.7 Å². The third-order valence-electron chi connectivity index (χ3n) is 4.79. The van der Waals surface area contributed by atoms with E-state index in [4.69, 9.17) is 16.3 Å². The van der Waals surface area contributed by atoms with E-state index in [1.165, 1.54) is 22.2 Å². The molecule has 0 spiro atoms. The molecule has 0 aliphatic carbocycles. The first kappa shape index (κ1) is 20.3. The van der Waals surface area contributed by atoms with Crippen LogP contribution in [0.4, 0.5) is 0 Å². The fourth-order valence-corrected chi connectivity index (χ4v) is 4.49. The van der Waals surface area contributed by atoms with Crippen molar-refractivity contribution in [1.29, 1.82) is 0 Å². The zero-order valence-corrected chi connectivity index (χ0v) is 18.1. The second-order valence-corrected chi connectivity index (χ2v) is 8.42. The van der Waals surface area contributed by atoms with Gasteiger partial charge in [-0.1, -0.05) is 23.7 Å². The molecule has 0 fully saturated rings.